The van der Waals surface area contributed by atoms with Crippen LogP contribution in [0.5, 0.6) is 0 Å². The second-order valence-corrected chi connectivity index (χ2v) is 4.84. The number of piperazine rings is 1. The average molecular weight is 391 g/mol. The first-order valence-electron chi connectivity index (χ1n) is 6.75. The number of halogens is 5. The van der Waals surface area contributed by atoms with Crippen molar-refractivity contribution in [2.75, 3.05) is 38.5 Å². The van der Waals surface area contributed by atoms with Gasteiger partial charge in [-0.2, -0.15) is 13.2 Å². The molecule has 24 heavy (non-hydrogen) atoms. The third-order valence-electron chi connectivity index (χ3n) is 3.37. The van der Waals surface area contributed by atoms with Crippen LogP contribution in [0.15, 0.2) is 12.4 Å². The van der Waals surface area contributed by atoms with Crippen LogP contribution < -0.4 is 16.4 Å². The molecule has 1 amide bonds. The molecule has 2 heterocycles. The minimum absolute atomic E-state index is 0. The molecular formula is C12H19Cl2F3N6O. The Hall–Kier alpha value is -1.36. The Labute approximate surface area is 149 Å². The summed E-state index contributed by atoms with van der Waals surface area (Å²) in [5.41, 5.74) is 5.30. The van der Waals surface area contributed by atoms with E-state index in [-0.39, 0.29) is 49.4 Å². The fourth-order valence-electron chi connectivity index (χ4n) is 2.24. The highest BCUT2D eigenvalue weighted by Crippen LogP contribution is 2.24. The molecule has 4 N–H and O–H groups in total. The van der Waals surface area contributed by atoms with E-state index >= 15 is 0 Å². The maximum absolute atomic E-state index is 13.2. The minimum Gasteiger partial charge on any atom is -0.382 e. The predicted octanol–water partition coefficient (Wildman–Crippen LogP) is 0.468. The average Bonchev–Trinajstić information content (AvgIpc) is 2.47. The third kappa shape index (κ3) is 5.93. The van der Waals surface area contributed by atoms with E-state index < -0.39 is 24.7 Å². The van der Waals surface area contributed by atoms with Crippen molar-refractivity contribution in [3.63, 3.8) is 0 Å². The second kappa shape index (κ2) is 9.82. The van der Waals surface area contributed by atoms with Gasteiger partial charge in [0.05, 0.1) is 0 Å². The van der Waals surface area contributed by atoms with Gasteiger partial charge < -0.3 is 16.4 Å². The number of anilines is 1. The Morgan fingerprint density at radius 1 is 1.29 bits per heavy atom. The van der Waals surface area contributed by atoms with Crippen molar-refractivity contribution in [1.82, 2.24) is 25.5 Å². The fourth-order valence-corrected chi connectivity index (χ4v) is 2.24. The van der Waals surface area contributed by atoms with Crippen molar-refractivity contribution in [3.05, 3.63) is 18.1 Å². The zero-order valence-corrected chi connectivity index (χ0v) is 14.2. The Balaban J connectivity index is 0.00000264. The number of nitrogens with two attached hydrogens (primary N) is 1. The molecule has 1 atom stereocenters. The van der Waals surface area contributed by atoms with Gasteiger partial charge >= 0.3 is 6.18 Å². The molecule has 1 saturated heterocycles. The van der Waals surface area contributed by atoms with Crippen molar-refractivity contribution in [1.29, 1.82) is 0 Å². The number of rotatable bonds is 4. The largest absolute Gasteiger partial charge is 0.405 e. The summed E-state index contributed by atoms with van der Waals surface area (Å²) in [5, 5.41) is 5.23. The van der Waals surface area contributed by atoms with Gasteiger partial charge in [-0.3, -0.25) is 9.69 Å². The molecule has 0 spiro atoms. The normalized spacial score (nSPS) is 16.5. The Morgan fingerprint density at radius 2 is 1.88 bits per heavy atom. The predicted molar refractivity (Wildman–Crippen MR) is 87.6 cm³/mol. The zero-order valence-electron chi connectivity index (χ0n) is 12.5. The van der Waals surface area contributed by atoms with Crippen LogP contribution in [-0.2, 0) is 0 Å². The topological polar surface area (TPSA) is 96.2 Å². The molecule has 1 aromatic heterocycles. The highest BCUT2D eigenvalue weighted by molar-refractivity contribution is 5.96. The number of nitrogens with one attached hydrogen (secondary N) is 2. The highest BCUT2D eigenvalue weighted by atomic mass is 35.5. The van der Waals surface area contributed by atoms with E-state index in [1.54, 1.807) is 0 Å². The van der Waals surface area contributed by atoms with Crippen LogP contribution >= 0.6 is 24.8 Å². The van der Waals surface area contributed by atoms with E-state index in [9.17, 15) is 18.0 Å². The van der Waals surface area contributed by atoms with Crippen LogP contribution in [0.25, 0.3) is 0 Å². The van der Waals surface area contributed by atoms with E-state index in [0.717, 1.165) is 0 Å². The number of hydrogen-bond acceptors (Lipinski definition) is 6. The standard InChI is InChI=1S/C12H17F3N6O.2ClH/c13-12(14,15)8(21-5-3-17-4-6-21)7-20-11(22)9-10(16)19-2-1-18-9;;/h1-2,8,17H,3-7H2,(H2,16,19)(H,20,22);2*1H. The second-order valence-electron chi connectivity index (χ2n) is 4.84. The van der Waals surface area contributed by atoms with Crippen LogP contribution in [0, 0.1) is 0 Å². The number of hydrogen-bond donors (Lipinski definition) is 3. The van der Waals surface area contributed by atoms with Crippen molar-refractivity contribution < 1.29 is 18.0 Å². The molecule has 0 bridgehead atoms. The Kier molecular flexibility index (Phi) is 9.26. The van der Waals surface area contributed by atoms with E-state index in [1.807, 2.05) is 0 Å². The van der Waals surface area contributed by atoms with Crippen LogP contribution in [0.2, 0.25) is 0 Å². The van der Waals surface area contributed by atoms with E-state index in [4.69, 9.17) is 5.73 Å². The zero-order chi connectivity index (χ0) is 16.2. The number of nitrogens with zero attached hydrogens (tertiary/aromatic N) is 3. The van der Waals surface area contributed by atoms with Gasteiger partial charge in [-0.25, -0.2) is 9.97 Å². The van der Waals surface area contributed by atoms with Gasteiger partial charge in [0.15, 0.2) is 11.5 Å². The number of nitrogen functional groups attached to an aromatic ring is 1. The minimum atomic E-state index is -4.43. The van der Waals surface area contributed by atoms with E-state index in [1.165, 1.54) is 17.3 Å². The van der Waals surface area contributed by atoms with Crippen LogP contribution in [0.4, 0.5) is 19.0 Å². The Bertz CT molecular complexity index is 528. The van der Waals surface area contributed by atoms with Gasteiger partial charge in [0, 0.05) is 45.1 Å². The number of amides is 1. The maximum atomic E-state index is 13.2. The summed E-state index contributed by atoms with van der Waals surface area (Å²) in [7, 11) is 0. The maximum Gasteiger partial charge on any atom is 0.405 e. The first-order chi connectivity index (χ1) is 10.4. The number of aromatic nitrogens is 2. The number of carbonyl (C=O) groups is 1. The molecule has 0 aromatic carbocycles. The van der Waals surface area contributed by atoms with Crippen molar-refractivity contribution in [2.45, 2.75) is 12.2 Å². The molecule has 138 valence electrons. The van der Waals surface area contributed by atoms with Gasteiger partial charge in [0.1, 0.15) is 6.04 Å². The molecule has 12 heteroatoms. The highest BCUT2D eigenvalue weighted by Gasteiger charge is 2.43. The monoisotopic (exact) mass is 390 g/mol. The third-order valence-corrected chi connectivity index (χ3v) is 3.37. The number of alkyl halides is 3. The van der Waals surface area contributed by atoms with Crippen LogP contribution in [0.1, 0.15) is 10.5 Å². The molecule has 1 unspecified atom stereocenters. The smallest absolute Gasteiger partial charge is 0.382 e. The summed E-state index contributed by atoms with van der Waals surface area (Å²) in [6, 6.07) is -1.74. The SMILES string of the molecule is Cl.Cl.Nc1nccnc1C(=O)NCC(N1CCNCC1)C(F)(F)F. The molecule has 2 rings (SSSR count). The summed E-state index contributed by atoms with van der Waals surface area (Å²) in [5.74, 6) is -0.888. The van der Waals surface area contributed by atoms with Gasteiger partial charge in [-0.15, -0.1) is 24.8 Å². The van der Waals surface area contributed by atoms with Gasteiger partial charge in [0.2, 0.25) is 0 Å². The van der Waals surface area contributed by atoms with Crippen LogP contribution in [0.3, 0.4) is 0 Å². The molecule has 1 fully saturated rings. The molecule has 0 saturated carbocycles. The first kappa shape index (κ1) is 22.6. The van der Waals surface area contributed by atoms with Crippen molar-refractivity contribution in [3.8, 4) is 0 Å². The lowest BCUT2D eigenvalue weighted by atomic mass is 10.2. The summed E-state index contributed by atoms with van der Waals surface area (Å²) < 4.78 is 39.5. The van der Waals surface area contributed by atoms with Crippen molar-refractivity contribution in [2.24, 2.45) is 0 Å². The van der Waals surface area contributed by atoms with E-state index in [2.05, 4.69) is 20.6 Å². The van der Waals surface area contributed by atoms with Gasteiger partial charge in [-0.05, 0) is 0 Å². The van der Waals surface area contributed by atoms with Crippen LogP contribution in [-0.4, -0.2) is 65.7 Å². The molecule has 1 aromatic rings. The molecular weight excluding hydrogens is 372 g/mol. The fraction of sp³-hybridized carbons (Fsp3) is 0.583. The molecule has 1 aliphatic heterocycles. The lowest BCUT2D eigenvalue weighted by molar-refractivity contribution is -0.183. The summed E-state index contributed by atoms with van der Waals surface area (Å²) in [4.78, 5) is 20.6. The van der Waals surface area contributed by atoms with E-state index in [0.29, 0.717) is 13.1 Å². The molecule has 0 radical (unpaired) electrons. The summed E-state index contributed by atoms with van der Waals surface area (Å²) in [6.07, 6.45) is -1.88. The first-order valence-corrected chi connectivity index (χ1v) is 6.75. The summed E-state index contributed by atoms with van der Waals surface area (Å²) >= 11 is 0. The lowest BCUT2D eigenvalue weighted by Gasteiger charge is -2.35. The number of carbonyl (C=O) groups excluding carboxylic acids is 1. The lowest BCUT2D eigenvalue weighted by Crippen LogP contribution is -2.57. The van der Waals surface area contributed by atoms with Gasteiger partial charge in [-0.1, -0.05) is 0 Å². The molecule has 0 aliphatic carbocycles. The summed E-state index contributed by atoms with van der Waals surface area (Å²) in [6.45, 7) is 0.953. The van der Waals surface area contributed by atoms with Gasteiger partial charge in [0.25, 0.3) is 5.91 Å². The molecule has 1 aliphatic rings. The molecule has 7 nitrogen and oxygen atoms in total. The quantitative estimate of drug-likeness (QED) is 0.691. The Morgan fingerprint density at radius 3 is 2.42 bits per heavy atom. The van der Waals surface area contributed by atoms with Crippen molar-refractivity contribution >= 4 is 36.5 Å².